The van der Waals surface area contributed by atoms with Crippen molar-refractivity contribution in [2.24, 2.45) is 0 Å². The summed E-state index contributed by atoms with van der Waals surface area (Å²) in [6.45, 7) is 0. The predicted molar refractivity (Wildman–Crippen MR) is 98.1 cm³/mol. The number of para-hydroxylation sites is 3. The zero-order valence-corrected chi connectivity index (χ0v) is 14.2. The van der Waals surface area contributed by atoms with Gasteiger partial charge in [-0.25, -0.2) is 9.97 Å². The number of ether oxygens (including phenoxy) is 1. The molecule has 0 aliphatic rings. The van der Waals surface area contributed by atoms with E-state index >= 15 is 0 Å². The van der Waals surface area contributed by atoms with Crippen LogP contribution in [0.3, 0.4) is 0 Å². The van der Waals surface area contributed by atoms with Crippen molar-refractivity contribution in [2.45, 2.75) is 6.36 Å². The first-order chi connectivity index (χ1) is 13.4. The van der Waals surface area contributed by atoms with Crippen LogP contribution in [0.5, 0.6) is 5.75 Å². The molecule has 140 valence electrons. The summed E-state index contributed by atoms with van der Waals surface area (Å²) in [5.41, 5.74) is 3.02. The Morgan fingerprint density at radius 1 is 0.821 bits per heavy atom. The van der Waals surface area contributed by atoms with E-state index < -0.39 is 12.3 Å². The number of hydrogen-bond donors (Lipinski definition) is 1. The molecule has 0 aliphatic carbocycles. The molecule has 4 rings (SSSR count). The highest BCUT2D eigenvalue weighted by Gasteiger charge is 2.31. The summed E-state index contributed by atoms with van der Waals surface area (Å²) in [6.07, 6.45) is -4.77. The number of amides is 1. The van der Waals surface area contributed by atoms with Crippen molar-refractivity contribution in [1.29, 1.82) is 0 Å². The van der Waals surface area contributed by atoms with E-state index in [2.05, 4.69) is 20.0 Å². The van der Waals surface area contributed by atoms with Gasteiger partial charge in [-0.3, -0.25) is 4.79 Å². The van der Waals surface area contributed by atoms with Gasteiger partial charge in [-0.2, -0.15) is 0 Å². The number of nitrogens with one attached hydrogen (secondary N) is 1. The van der Waals surface area contributed by atoms with Gasteiger partial charge in [-0.05, 0) is 48.5 Å². The number of nitrogens with zero attached hydrogens (tertiary/aromatic N) is 2. The molecule has 3 aromatic carbocycles. The molecule has 0 bridgehead atoms. The molecular weight excluding hydrogens is 371 g/mol. The van der Waals surface area contributed by atoms with Crippen molar-refractivity contribution >= 4 is 33.7 Å². The van der Waals surface area contributed by atoms with Gasteiger partial charge in [0.05, 0.1) is 22.1 Å². The molecule has 1 aromatic heterocycles. The molecule has 0 unspecified atom stereocenters. The van der Waals surface area contributed by atoms with Gasteiger partial charge in [0.25, 0.3) is 5.91 Å². The number of rotatable bonds is 3. The van der Waals surface area contributed by atoms with Crippen molar-refractivity contribution < 1.29 is 22.7 Å². The Morgan fingerprint density at radius 2 is 1.46 bits per heavy atom. The van der Waals surface area contributed by atoms with Crippen LogP contribution < -0.4 is 10.1 Å². The summed E-state index contributed by atoms with van der Waals surface area (Å²) >= 11 is 0. The maximum atomic E-state index is 12.7. The van der Waals surface area contributed by atoms with Gasteiger partial charge in [0.15, 0.2) is 0 Å². The van der Waals surface area contributed by atoms with E-state index in [4.69, 9.17) is 0 Å². The number of carbonyl (C=O) groups excluding carboxylic acids is 1. The Kier molecular flexibility index (Phi) is 4.31. The normalized spacial score (nSPS) is 11.5. The zero-order valence-electron chi connectivity index (χ0n) is 14.2. The van der Waals surface area contributed by atoms with E-state index in [-0.39, 0.29) is 5.75 Å². The van der Waals surface area contributed by atoms with Crippen molar-refractivity contribution in [2.75, 3.05) is 5.32 Å². The molecule has 0 saturated carbocycles. The Balaban J connectivity index is 1.63. The van der Waals surface area contributed by atoms with Crippen molar-refractivity contribution in [3.05, 3.63) is 72.3 Å². The number of benzene rings is 3. The van der Waals surface area contributed by atoms with Crippen LogP contribution in [-0.2, 0) is 0 Å². The molecule has 0 fully saturated rings. The van der Waals surface area contributed by atoms with Gasteiger partial charge in [-0.1, -0.05) is 18.2 Å². The quantitative estimate of drug-likeness (QED) is 0.509. The number of hydrogen-bond acceptors (Lipinski definition) is 4. The second-order valence-electron chi connectivity index (χ2n) is 5.91. The number of carbonyl (C=O) groups is 1. The fraction of sp³-hybridized carbons (Fsp3) is 0.0500. The Morgan fingerprint density at radius 3 is 2.14 bits per heavy atom. The average molecular weight is 383 g/mol. The van der Waals surface area contributed by atoms with Gasteiger partial charge in [0.1, 0.15) is 11.3 Å². The molecule has 0 aliphatic heterocycles. The number of halogens is 3. The van der Waals surface area contributed by atoms with E-state index in [0.717, 1.165) is 12.1 Å². The number of aromatic nitrogens is 2. The first-order valence-electron chi connectivity index (χ1n) is 8.22. The lowest BCUT2D eigenvalue weighted by Gasteiger charge is -2.10. The highest BCUT2D eigenvalue weighted by atomic mass is 19.4. The maximum Gasteiger partial charge on any atom is 0.573 e. The average Bonchev–Trinajstić information content (AvgIpc) is 2.66. The highest BCUT2D eigenvalue weighted by Crippen LogP contribution is 2.25. The Hall–Kier alpha value is -3.68. The van der Waals surface area contributed by atoms with Crippen LogP contribution >= 0.6 is 0 Å². The predicted octanol–water partition coefficient (Wildman–Crippen LogP) is 4.93. The molecule has 28 heavy (non-hydrogen) atoms. The highest BCUT2D eigenvalue weighted by molar-refractivity contribution is 6.12. The van der Waals surface area contributed by atoms with Gasteiger partial charge in [-0.15, -0.1) is 13.2 Å². The van der Waals surface area contributed by atoms with Gasteiger partial charge < -0.3 is 10.1 Å². The topological polar surface area (TPSA) is 64.1 Å². The smallest absolute Gasteiger partial charge is 0.406 e. The third-order valence-corrected chi connectivity index (χ3v) is 3.96. The van der Waals surface area contributed by atoms with Crippen LogP contribution in [0.25, 0.3) is 22.1 Å². The summed E-state index contributed by atoms with van der Waals surface area (Å²) < 4.78 is 40.5. The number of anilines is 1. The van der Waals surface area contributed by atoms with Crippen LogP contribution in [0.4, 0.5) is 18.9 Å². The minimum Gasteiger partial charge on any atom is -0.406 e. The first kappa shape index (κ1) is 17.7. The fourth-order valence-corrected chi connectivity index (χ4v) is 2.76. The Labute approximate surface area is 156 Å². The molecule has 8 heteroatoms. The molecule has 0 radical (unpaired) electrons. The van der Waals surface area contributed by atoms with E-state index in [1.54, 1.807) is 24.3 Å². The van der Waals surface area contributed by atoms with Gasteiger partial charge in [0.2, 0.25) is 0 Å². The lowest BCUT2D eigenvalue weighted by Crippen LogP contribution is -2.17. The lowest BCUT2D eigenvalue weighted by atomic mass is 10.1. The molecule has 4 aromatic rings. The molecular formula is C20H12F3N3O2. The molecule has 1 amide bonds. The van der Waals surface area contributed by atoms with Crippen molar-refractivity contribution in [1.82, 2.24) is 9.97 Å². The zero-order chi connectivity index (χ0) is 19.7. The number of alkyl halides is 3. The maximum absolute atomic E-state index is 12.7. The minimum atomic E-state index is -4.77. The molecule has 0 spiro atoms. The van der Waals surface area contributed by atoms with Gasteiger partial charge in [0, 0.05) is 5.69 Å². The Bertz CT molecular complexity index is 1170. The second-order valence-corrected chi connectivity index (χ2v) is 5.91. The number of fused-ring (bicyclic) bond motifs is 2. The molecule has 0 atom stereocenters. The van der Waals surface area contributed by atoms with E-state index in [9.17, 15) is 18.0 Å². The van der Waals surface area contributed by atoms with Crippen LogP contribution in [-0.4, -0.2) is 22.2 Å². The summed E-state index contributed by atoms with van der Waals surface area (Å²) in [4.78, 5) is 21.7. The first-order valence-corrected chi connectivity index (χ1v) is 8.22. The molecule has 5 nitrogen and oxygen atoms in total. The van der Waals surface area contributed by atoms with Gasteiger partial charge >= 0.3 is 6.36 Å². The summed E-state index contributed by atoms with van der Waals surface area (Å²) in [6, 6.07) is 17.3. The van der Waals surface area contributed by atoms with Crippen molar-refractivity contribution in [3.8, 4) is 5.75 Å². The van der Waals surface area contributed by atoms with Crippen LogP contribution in [0.15, 0.2) is 66.7 Å². The summed E-state index contributed by atoms with van der Waals surface area (Å²) in [5, 5.41) is 2.64. The van der Waals surface area contributed by atoms with Crippen LogP contribution in [0, 0.1) is 0 Å². The molecule has 1 heterocycles. The van der Waals surface area contributed by atoms with E-state index in [1.165, 1.54) is 12.1 Å². The lowest BCUT2D eigenvalue weighted by molar-refractivity contribution is -0.274. The third kappa shape index (κ3) is 3.71. The largest absolute Gasteiger partial charge is 0.573 e. The standard InChI is InChI=1S/C20H12F3N3O2/c21-20(22,23)28-13-10-8-12(9-11-13)24-19(27)14-4-3-7-17-18(14)26-16-6-2-1-5-15(16)25-17/h1-11H,(H,24,27). The van der Waals surface area contributed by atoms with E-state index in [1.807, 2.05) is 18.2 Å². The molecule has 1 N–H and O–H groups in total. The van der Waals surface area contributed by atoms with Crippen LogP contribution in [0.1, 0.15) is 10.4 Å². The third-order valence-electron chi connectivity index (χ3n) is 3.96. The van der Waals surface area contributed by atoms with Crippen molar-refractivity contribution in [3.63, 3.8) is 0 Å². The summed E-state index contributed by atoms with van der Waals surface area (Å²) in [7, 11) is 0. The SMILES string of the molecule is O=C(Nc1ccc(OC(F)(F)F)cc1)c1cccc2nc3ccccc3nc12. The second kappa shape index (κ2) is 6.80. The fourth-order valence-electron chi connectivity index (χ4n) is 2.76. The van der Waals surface area contributed by atoms with E-state index in [0.29, 0.717) is 33.3 Å². The minimum absolute atomic E-state index is 0.311. The monoisotopic (exact) mass is 383 g/mol. The van der Waals surface area contributed by atoms with Crippen LogP contribution in [0.2, 0.25) is 0 Å². The molecule has 0 saturated heterocycles. The summed E-state index contributed by atoms with van der Waals surface area (Å²) in [5.74, 6) is -0.812.